The van der Waals surface area contributed by atoms with E-state index in [4.69, 9.17) is 14.2 Å². The zero-order valence-electron chi connectivity index (χ0n) is 26.7. The third-order valence-corrected chi connectivity index (χ3v) is 8.77. The van der Waals surface area contributed by atoms with Gasteiger partial charge in [-0.1, -0.05) is 24.6 Å². The average Bonchev–Trinajstić information content (AvgIpc) is 3.04. The van der Waals surface area contributed by atoms with Crippen LogP contribution >= 0.6 is 12.4 Å². The first kappa shape index (κ1) is 37.1. The molecule has 2 saturated heterocycles. The van der Waals surface area contributed by atoms with Crippen LogP contribution in [0.3, 0.4) is 0 Å². The van der Waals surface area contributed by atoms with E-state index >= 15 is 0 Å². The molecule has 1 aromatic carbocycles. The number of amides is 3. The van der Waals surface area contributed by atoms with E-state index in [2.05, 4.69) is 16.0 Å². The maximum Gasteiger partial charge on any atom is 0.511 e. The first-order valence-corrected chi connectivity index (χ1v) is 16.5. The molecule has 3 amide bonds. The lowest BCUT2D eigenvalue weighted by atomic mass is 9.92. The van der Waals surface area contributed by atoms with Crippen molar-refractivity contribution in [3.8, 4) is 0 Å². The van der Waals surface area contributed by atoms with Crippen molar-refractivity contribution in [3.05, 3.63) is 35.9 Å². The number of carbonyl (C=O) groups is 5. The first-order valence-electron chi connectivity index (χ1n) is 16.5. The fourth-order valence-corrected chi connectivity index (χ4v) is 6.24. The van der Waals surface area contributed by atoms with E-state index in [0.29, 0.717) is 37.3 Å². The van der Waals surface area contributed by atoms with Gasteiger partial charge in [-0.15, -0.1) is 12.4 Å². The molecule has 1 aliphatic carbocycles. The molecule has 3 atom stereocenters. The quantitative estimate of drug-likeness (QED) is 0.222. The van der Waals surface area contributed by atoms with Crippen LogP contribution in [-0.2, 0) is 28.6 Å². The Kier molecular flexibility index (Phi) is 15.6. The molecule has 46 heavy (non-hydrogen) atoms. The van der Waals surface area contributed by atoms with Crippen molar-refractivity contribution in [1.29, 1.82) is 0 Å². The van der Waals surface area contributed by atoms with Crippen molar-refractivity contribution in [2.45, 2.75) is 103 Å². The summed E-state index contributed by atoms with van der Waals surface area (Å²) in [7, 11) is 0. The van der Waals surface area contributed by atoms with Gasteiger partial charge in [0.25, 0.3) is 5.91 Å². The van der Waals surface area contributed by atoms with Crippen molar-refractivity contribution < 1.29 is 38.2 Å². The summed E-state index contributed by atoms with van der Waals surface area (Å²) in [5.41, 5.74) is 0.357. The molecule has 4 rings (SSSR count). The normalized spacial score (nSPS) is 20.3. The maximum absolute atomic E-state index is 13.4. The second kappa shape index (κ2) is 19.3. The molecule has 0 bridgehead atoms. The number of piperidine rings is 2. The smallest absolute Gasteiger partial charge is 0.431 e. The number of benzene rings is 1. The second-order valence-corrected chi connectivity index (χ2v) is 12.3. The lowest BCUT2D eigenvalue weighted by Crippen LogP contribution is -2.53. The molecule has 1 saturated carbocycles. The summed E-state index contributed by atoms with van der Waals surface area (Å²) >= 11 is 0. The number of halogens is 1. The minimum absolute atomic E-state index is 0. The molecular weight excluding hydrogens is 616 g/mol. The van der Waals surface area contributed by atoms with Gasteiger partial charge in [0.2, 0.25) is 18.1 Å². The molecule has 256 valence electrons. The SMILES string of the molecule is CC(OC(=O)C[C@H](NC(=O)c1ccccc1)NC(=O)[C@@H]1CCCN(C(=O)CCC2CCNCC2)C1)OC(=O)OC1CCCCC1.Cl. The lowest BCUT2D eigenvalue weighted by molar-refractivity contribution is -0.169. The number of nitrogens with zero attached hydrogens (tertiary/aromatic N) is 1. The molecule has 3 aliphatic rings. The van der Waals surface area contributed by atoms with Gasteiger partial charge in [-0.05, 0) is 88.9 Å². The average molecular weight is 665 g/mol. The Morgan fingerprint density at radius 2 is 1.63 bits per heavy atom. The van der Waals surface area contributed by atoms with Crippen molar-refractivity contribution in [3.63, 3.8) is 0 Å². The highest BCUT2D eigenvalue weighted by Crippen LogP contribution is 2.23. The molecule has 0 radical (unpaired) electrons. The second-order valence-electron chi connectivity index (χ2n) is 12.3. The topological polar surface area (TPSA) is 152 Å². The van der Waals surface area contributed by atoms with E-state index in [9.17, 15) is 24.0 Å². The van der Waals surface area contributed by atoms with Gasteiger partial charge in [-0.2, -0.15) is 0 Å². The van der Waals surface area contributed by atoms with Crippen LogP contribution in [0.4, 0.5) is 4.79 Å². The highest BCUT2D eigenvalue weighted by atomic mass is 35.5. The molecular formula is C33H49ClN4O8. The van der Waals surface area contributed by atoms with Crippen LogP contribution in [0.1, 0.15) is 94.3 Å². The fraction of sp³-hybridized carbons (Fsp3) is 0.667. The third-order valence-electron chi connectivity index (χ3n) is 8.77. The van der Waals surface area contributed by atoms with E-state index in [-0.39, 0.29) is 36.9 Å². The number of ether oxygens (including phenoxy) is 3. The van der Waals surface area contributed by atoms with E-state index in [1.54, 1.807) is 35.2 Å². The van der Waals surface area contributed by atoms with Gasteiger partial charge in [0, 0.05) is 32.0 Å². The Morgan fingerprint density at radius 3 is 2.35 bits per heavy atom. The van der Waals surface area contributed by atoms with E-state index in [1.807, 2.05) is 0 Å². The highest BCUT2D eigenvalue weighted by molar-refractivity contribution is 5.95. The van der Waals surface area contributed by atoms with Gasteiger partial charge >= 0.3 is 12.1 Å². The lowest BCUT2D eigenvalue weighted by Gasteiger charge is -2.33. The molecule has 13 heteroatoms. The van der Waals surface area contributed by atoms with Gasteiger partial charge in [0.05, 0.1) is 12.3 Å². The number of likely N-dealkylation sites (tertiary alicyclic amines) is 1. The van der Waals surface area contributed by atoms with Crippen LogP contribution in [0, 0.1) is 11.8 Å². The van der Waals surface area contributed by atoms with Crippen LogP contribution in [0.25, 0.3) is 0 Å². The number of esters is 1. The van der Waals surface area contributed by atoms with Gasteiger partial charge < -0.3 is 35.1 Å². The fourth-order valence-electron chi connectivity index (χ4n) is 6.24. The number of hydrogen-bond acceptors (Lipinski definition) is 9. The van der Waals surface area contributed by atoms with Crippen molar-refractivity contribution in [2.24, 2.45) is 11.8 Å². The molecule has 2 aliphatic heterocycles. The van der Waals surface area contributed by atoms with Gasteiger partial charge in [-0.25, -0.2) is 4.79 Å². The molecule has 1 unspecified atom stereocenters. The molecule has 3 N–H and O–H groups in total. The van der Waals surface area contributed by atoms with Crippen molar-refractivity contribution in [1.82, 2.24) is 20.9 Å². The van der Waals surface area contributed by atoms with Crippen LogP contribution in [-0.4, -0.2) is 79.5 Å². The van der Waals surface area contributed by atoms with Crippen LogP contribution in [0.15, 0.2) is 30.3 Å². The zero-order chi connectivity index (χ0) is 32.0. The molecule has 12 nitrogen and oxygen atoms in total. The molecule has 0 spiro atoms. The summed E-state index contributed by atoms with van der Waals surface area (Å²) in [4.78, 5) is 66.1. The van der Waals surface area contributed by atoms with Gasteiger partial charge in [0.1, 0.15) is 12.3 Å². The van der Waals surface area contributed by atoms with Crippen LogP contribution in [0.5, 0.6) is 0 Å². The predicted octanol–water partition coefficient (Wildman–Crippen LogP) is 4.06. The predicted molar refractivity (Wildman–Crippen MR) is 172 cm³/mol. The van der Waals surface area contributed by atoms with Crippen molar-refractivity contribution in [2.75, 3.05) is 26.2 Å². The monoisotopic (exact) mass is 664 g/mol. The zero-order valence-corrected chi connectivity index (χ0v) is 27.5. The minimum Gasteiger partial charge on any atom is -0.431 e. The summed E-state index contributed by atoms with van der Waals surface area (Å²) in [6.07, 6.45) is 5.54. The number of carbonyl (C=O) groups excluding carboxylic acids is 5. The number of nitrogens with one attached hydrogen (secondary N) is 3. The minimum atomic E-state index is -1.22. The molecule has 2 heterocycles. The third kappa shape index (κ3) is 12.4. The first-order chi connectivity index (χ1) is 21.8. The van der Waals surface area contributed by atoms with Gasteiger partial charge in [0.15, 0.2) is 0 Å². The Bertz CT molecular complexity index is 1140. The Morgan fingerprint density at radius 1 is 0.913 bits per heavy atom. The summed E-state index contributed by atoms with van der Waals surface area (Å²) in [6, 6.07) is 8.43. The van der Waals surface area contributed by atoms with E-state index in [0.717, 1.165) is 64.5 Å². The summed E-state index contributed by atoms with van der Waals surface area (Å²) in [6.45, 7) is 4.26. The molecule has 0 aromatic heterocycles. The number of hydrogen-bond donors (Lipinski definition) is 3. The summed E-state index contributed by atoms with van der Waals surface area (Å²) in [5, 5.41) is 8.83. The Balaban J connectivity index is 0.00000576. The maximum atomic E-state index is 13.4. The Labute approximate surface area is 277 Å². The molecule has 1 aromatic rings. The standard InChI is InChI=1S/C33H48N4O8.ClH/c1-23(44-33(42)45-27-12-6-3-7-13-27)43-30(39)21-28(35-31(40)25-9-4-2-5-10-25)36-32(41)26-11-8-20-37(22-26)29(38)15-14-24-16-18-34-19-17-24;/h2,4-5,9-10,23-24,26-28,34H,3,6-8,11-22H2,1H3,(H,35,40)(H,36,41);1H/t23?,26-,28-;/m1./s1. The van der Waals surface area contributed by atoms with Crippen LogP contribution in [0.2, 0.25) is 0 Å². The van der Waals surface area contributed by atoms with Crippen LogP contribution < -0.4 is 16.0 Å². The largest absolute Gasteiger partial charge is 0.511 e. The summed E-state index contributed by atoms with van der Waals surface area (Å²) < 4.78 is 15.7. The van der Waals surface area contributed by atoms with Crippen molar-refractivity contribution >= 4 is 42.3 Å². The molecule has 3 fully saturated rings. The number of rotatable bonds is 12. The Hall–Kier alpha value is -3.38. The van der Waals surface area contributed by atoms with Gasteiger partial charge in [-0.3, -0.25) is 19.2 Å². The highest BCUT2D eigenvalue weighted by Gasteiger charge is 2.31. The summed E-state index contributed by atoms with van der Waals surface area (Å²) in [5.74, 6) is -1.51. The van der Waals surface area contributed by atoms with E-state index in [1.165, 1.54) is 6.92 Å². The van der Waals surface area contributed by atoms with E-state index < -0.39 is 42.8 Å².